The number of amides is 2. The van der Waals surface area contributed by atoms with Gasteiger partial charge in [-0.3, -0.25) is 4.79 Å². The fourth-order valence-corrected chi connectivity index (χ4v) is 4.71. The minimum Gasteiger partial charge on any atom is -0.493 e. The number of alkyl halides is 1. The lowest BCUT2D eigenvalue weighted by Gasteiger charge is -2.29. The normalized spacial score (nSPS) is 15.2. The monoisotopic (exact) mass is 526 g/mol. The number of hydrazone groups is 1. The molecule has 0 spiro atoms. The Labute approximate surface area is 217 Å². The van der Waals surface area contributed by atoms with Crippen LogP contribution in [0.2, 0.25) is 0 Å². The molecule has 1 unspecified atom stereocenters. The van der Waals surface area contributed by atoms with E-state index >= 15 is 0 Å². The molecule has 4 rings (SSSR count). The van der Waals surface area contributed by atoms with Crippen molar-refractivity contribution in [2.45, 2.75) is 39.8 Å². The number of methoxy groups -OCH3 is 1. The summed E-state index contributed by atoms with van der Waals surface area (Å²) in [5, 5.41) is 9.53. The molecule has 0 bridgehead atoms. The average molecular weight is 527 g/mol. The van der Waals surface area contributed by atoms with Crippen LogP contribution in [0.5, 0.6) is 11.5 Å². The van der Waals surface area contributed by atoms with Gasteiger partial charge in [0.1, 0.15) is 16.7 Å². The Bertz CT molecular complexity index is 1330. The first-order valence-corrected chi connectivity index (χ1v) is 12.4. The molecule has 2 amide bonds. The Morgan fingerprint density at radius 1 is 1.19 bits per heavy atom. The zero-order valence-corrected chi connectivity index (χ0v) is 21.7. The SMILES string of the molecule is CCC1OC(=O)N(Cc2ccc(NC(=O)c3sc(C)nc3C)cc2)N=C1c1ccc(OCF)c(OC)c1. The number of anilines is 1. The van der Waals surface area contributed by atoms with E-state index in [4.69, 9.17) is 14.2 Å². The van der Waals surface area contributed by atoms with Crippen molar-refractivity contribution in [2.75, 3.05) is 19.3 Å². The van der Waals surface area contributed by atoms with Crippen LogP contribution in [-0.4, -0.2) is 47.8 Å². The summed E-state index contributed by atoms with van der Waals surface area (Å²) >= 11 is 1.35. The van der Waals surface area contributed by atoms with Gasteiger partial charge in [0.25, 0.3) is 5.91 Å². The molecule has 2 heterocycles. The Morgan fingerprint density at radius 3 is 2.57 bits per heavy atom. The molecule has 194 valence electrons. The molecule has 0 saturated heterocycles. The van der Waals surface area contributed by atoms with Gasteiger partial charge in [0, 0.05) is 11.3 Å². The van der Waals surface area contributed by atoms with Gasteiger partial charge in [0.15, 0.2) is 11.5 Å². The Morgan fingerprint density at radius 2 is 1.95 bits per heavy atom. The molecule has 1 aliphatic heterocycles. The highest BCUT2D eigenvalue weighted by Crippen LogP contribution is 2.30. The number of benzene rings is 2. The lowest BCUT2D eigenvalue weighted by Crippen LogP contribution is -2.41. The third kappa shape index (κ3) is 5.88. The molecule has 11 heteroatoms. The fraction of sp³-hybridized carbons (Fsp3) is 0.308. The maximum atomic E-state index is 12.7. The van der Waals surface area contributed by atoms with Gasteiger partial charge >= 0.3 is 6.09 Å². The van der Waals surface area contributed by atoms with Crippen molar-refractivity contribution in [3.8, 4) is 11.5 Å². The molecule has 0 fully saturated rings. The van der Waals surface area contributed by atoms with E-state index in [1.54, 1.807) is 49.4 Å². The van der Waals surface area contributed by atoms with Crippen molar-refractivity contribution in [3.05, 3.63) is 69.2 Å². The van der Waals surface area contributed by atoms with Crippen molar-refractivity contribution >= 4 is 34.7 Å². The standard InChI is InChI=1S/C26H27FN4O5S/c1-5-20-23(18-8-11-21(35-14-27)22(12-18)34-4)30-31(26(33)36-20)13-17-6-9-19(10-7-17)29-25(32)24-15(2)28-16(3)37-24/h6-12,20H,5,13-14H2,1-4H3,(H,29,32). The smallest absolute Gasteiger partial charge is 0.431 e. The molecular formula is C26H27FN4O5S. The van der Waals surface area contributed by atoms with Gasteiger partial charge in [-0.25, -0.2) is 14.2 Å². The maximum absolute atomic E-state index is 12.7. The van der Waals surface area contributed by atoms with Crippen molar-refractivity contribution < 1.29 is 28.2 Å². The summed E-state index contributed by atoms with van der Waals surface area (Å²) in [6.07, 6.45) is -0.581. The van der Waals surface area contributed by atoms with E-state index in [1.807, 2.05) is 13.8 Å². The number of rotatable bonds is 9. The third-order valence-electron chi connectivity index (χ3n) is 5.68. The van der Waals surface area contributed by atoms with E-state index < -0.39 is 19.1 Å². The molecule has 0 saturated carbocycles. The summed E-state index contributed by atoms with van der Waals surface area (Å²) < 4.78 is 28.6. The molecule has 1 N–H and O–H groups in total. The van der Waals surface area contributed by atoms with Gasteiger partial charge in [-0.2, -0.15) is 10.1 Å². The van der Waals surface area contributed by atoms with E-state index in [-0.39, 0.29) is 18.2 Å². The van der Waals surface area contributed by atoms with E-state index in [9.17, 15) is 14.0 Å². The maximum Gasteiger partial charge on any atom is 0.431 e. The summed E-state index contributed by atoms with van der Waals surface area (Å²) in [6, 6.07) is 12.1. The number of cyclic esters (lactones) is 1. The second-order valence-corrected chi connectivity index (χ2v) is 9.44. The quantitative estimate of drug-likeness (QED) is 0.397. The zero-order valence-electron chi connectivity index (χ0n) is 20.9. The van der Waals surface area contributed by atoms with Crippen LogP contribution < -0.4 is 14.8 Å². The number of aromatic nitrogens is 1. The largest absolute Gasteiger partial charge is 0.493 e. The number of carbonyl (C=O) groups is 2. The number of hydrogen-bond acceptors (Lipinski definition) is 8. The van der Waals surface area contributed by atoms with Crippen molar-refractivity contribution in [1.29, 1.82) is 0 Å². The number of aryl methyl sites for hydroxylation is 2. The lowest BCUT2D eigenvalue weighted by molar-refractivity contribution is 0.0712. The Kier molecular flexibility index (Phi) is 8.02. The van der Waals surface area contributed by atoms with E-state index in [2.05, 4.69) is 15.4 Å². The van der Waals surface area contributed by atoms with Crippen LogP contribution in [0.1, 0.15) is 44.8 Å². The van der Waals surface area contributed by atoms with Crippen molar-refractivity contribution in [3.63, 3.8) is 0 Å². The van der Waals surface area contributed by atoms with Crippen molar-refractivity contribution in [2.24, 2.45) is 5.10 Å². The summed E-state index contributed by atoms with van der Waals surface area (Å²) in [5.74, 6) is 0.394. The topological polar surface area (TPSA) is 102 Å². The highest BCUT2D eigenvalue weighted by Gasteiger charge is 2.31. The van der Waals surface area contributed by atoms with E-state index in [0.717, 1.165) is 10.6 Å². The molecule has 2 aromatic carbocycles. The Hall–Kier alpha value is -3.99. The minimum absolute atomic E-state index is 0.167. The van der Waals surface area contributed by atoms with Gasteiger partial charge in [0.05, 0.1) is 24.4 Å². The van der Waals surface area contributed by atoms with Gasteiger partial charge < -0.3 is 19.5 Å². The van der Waals surface area contributed by atoms with Gasteiger partial charge in [0.2, 0.25) is 6.86 Å². The number of halogens is 1. The first kappa shape index (κ1) is 26.1. The van der Waals surface area contributed by atoms with E-state index in [0.29, 0.717) is 39.7 Å². The van der Waals surface area contributed by atoms with Crippen molar-refractivity contribution in [1.82, 2.24) is 9.99 Å². The number of thiazole rings is 1. The van der Waals surface area contributed by atoms with Crippen LogP contribution in [0.25, 0.3) is 0 Å². The second kappa shape index (κ2) is 11.4. The lowest BCUT2D eigenvalue weighted by atomic mass is 10.0. The fourth-order valence-electron chi connectivity index (χ4n) is 3.90. The minimum atomic E-state index is -0.980. The van der Waals surface area contributed by atoms with Crippen LogP contribution in [0, 0.1) is 13.8 Å². The first-order valence-electron chi connectivity index (χ1n) is 11.6. The number of nitrogens with zero attached hydrogens (tertiary/aromatic N) is 3. The van der Waals surface area contributed by atoms with Crippen LogP contribution in [0.3, 0.4) is 0 Å². The van der Waals surface area contributed by atoms with Crippen LogP contribution in [-0.2, 0) is 11.3 Å². The molecular weight excluding hydrogens is 499 g/mol. The molecule has 3 aromatic rings. The number of ether oxygens (including phenoxy) is 3. The number of hydrogen-bond donors (Lipinski definition) is 1. The third-order valence-corrected chi connectivity index (χ3v) is 6.75. The zero-order chi connectivity index (χ0) is 26.5. The Balaban J connectivity index is 1.52. The molecule has 1 aromatic heterocycles. The van der Waals surface area contributed by atoms with E-state index in [1.165, 1.54) is 23.5 Å². The van der Waals surface area contributed by atoms with Crippen LogP contribution >= 0.6 is 11.3 Å². The summed E-state index contributed by atoms with van der Waals surface area (Å²) in [5.41, 5.74) is 3.33. The molecule has 0 aliphatic carbocycles. The molecule has 0 radical (unpaired) electrons. The predicted octanol–water partition coefficient (Wildman–Crippen LogP) is 5.46. The summed E-state index contributed by atoms with van der Waals surface area (Å²) in [4.78, 5) is 30.1. The first-order chi connectivity index (χ1) is 17.8. The summed E-state index contributed by atoms with van der Waals surface area (Å²) in [7, 11) is 1.46. The molecule has 1 aliphatic rings. The van der Waals surface area contributed by atoms with Crippen LogP contribution in [0.4, 0.5) is 14.9 Å². The van der Waals surface area contributed by atoms with Gasteiger partial charge in [-0.1, -0.05) is 19.1 Å². The molecule has 9 nitrogen and oxygen atoms in total. The van der Waals surface area contributed by atoms with Gasteiger partial charge in [-0.15, -0.1) is 11.3 Å². The average Bonchev–Trinajstić information content (AvgIpc) is 3.24. The predicted molar refractivity (Wildman–Crippen MR) is 138 cm³/mol. The molecule has 37 heavy (non-hydrogen) atoms. The highest BCUT2D eigenvalue weighted by atomic mass is 32.1. The number of nitrogens with one attached hydrogen (secondary N) is 1. The summed E-state index contributed by atoms with van der Waals surface area (Å²) in [6.45, 7) is 4.74. The van der Waals surface area contributed by atoms with Crippen LogP contribution in [0.15, 0.2) is 47.6 Å². The number of carbonyl (C=O) groups excluding carboxylic acids is 2. The van der Waals surface area contributed by atoms with Gasteiger partial charge in [-0.05, 0) is 56.2 Å². The highest BCUT2D eigenvalue weighted by molar-refractivity contribution is 7.13. The molecule has 1 atom stereocenters. The second-order valence-electron chi connectivity index (χ2n) is 8.24.